The molecule has 0 atom stereocenters. The number of aromatic nitrogens is 1. The second-order valence-electron chi connectivity index (χ2n) is 4.67. The first-order valence-corrected chi connectivity index (χ1v) is 6.18. The number of fused-ring (bicyclic) bond motifs is 1. The van der Waals surface area contributed by atoms with Gasteiger partial charge in [-0.3, -0.25) is 0 Å². The van der Waals surface area contributed by atoms with E-state index in [-0.39, 0.29) is 11.5 Å². The molecule has 0 saturated heterocycles. The summed E-state index contributed by atoms with van der Waals surface area (Å²) >= 11 is 0. The summed E-state index contributed by atoms with van der Waals surface area (Å²) in [5, 5.41) is 10.0. The Kier molecular flexibility index (Phi) is 2.79. The second-order valence-corrected chi connectivity index (χ2v) is 4.67. The van der Waals surface area contributed by atoms with Crippen molar-refractivity contribution < 1.29 is 14.3 Å². The number of hydrogen-bond donors (Lipinski definition) is 2. The first-order valence-electron chi connectivity index (χ1n) is 6.18. The summed E-state index contributed by atoms with van der Waals surface area (Å²) < 4.78 is 13.0. The highest BCUT2D eigenvalue weighted by atomic mass is 19.1. The third-order valence-electron chi connectivity index (χ3n) is 3.44. The Balaban J connectivity index is 2.31. The fourth-order valence-corrected chi connectivity index (χ4v) is 2.50. The summed E-state index contributed by atoms with van der Waals surface area (Å²) in [6, 6.07) is 11.8. The number of hydrogen-bond acceptors (Lipinski definition) is 1. The van der Waals surface area contributed by atoms with Crippen LogP contribution in [0, 0.1) is 12.7 Å². The number of nitrogens with one attached hydrogen (secondary N) is 1. The minimum Gasteiger partial charge on any atom is -0.477 e. The summed E-state index contributed by atoms with van der Waals surface area (Å²) in [6.07, 6.45) is 0. The fraction of sp³-hybridized carbons (Fsp3) is 0.0625. The number of aromatic carboxylic acids is 1. The average Bonchev–Trinajstić information content (AvgIpc) is 2.77. The van der Waals surface area contributed by atoms with Crippen LogP contribution in [-0.2, 0) is 0 Å². The van der Waals surface area contributed by atoms with Gasteiger partial charge >= 0.3 is 5.97 Å². The van der Waals surface area contributed by atoms with Crippen LogP contribution < -0.4 is 0 Å². The molecule has 0 radical (unpaired) electrons. The maximum atomic E-state index is 13.0. The van der Waals surface area contributed by atoms with Crippen molar-refractivity contribution in [3.63, 3.8) is 0 Å². The van der Waals surface area contributed by atoms with Crippen molar-refractivity contribution in [2.45, 2.75) is 6.92 Å². The zero-order chi connectivity index (χ0) is 14.3. The normalized spacial score (nSPS) is 10.9. The maximum absolute atomic E-state index is 13.0. The average molecular weight is 269 g/mol. The number of benzene rings is 2. The van der Waals surface area contributed by atoms with Crippen molar-refractivity contribution in [2.75, 3.05) is 0 Å². The largest absolute Gasteiger partial charge is 0.477 e. The summed E-state index contributed by atoms with van der Waals surface area (Å²) in [6.45, 7) is 1.77. The lowest BCUT2D eigenvalue weighted by Crippen LogP contribution is -1.98. The minimum absolute atomic E-state index is 0.189. The zero-order valence-corrected chi connectivity index (χ0v) is 10.8. The van der Waals surface area contributed by atoms with Crippen molar-refractivity contribution in [1.29, 1.82) is 0 Å². The highest BCUT2D eigenvalue weighted by Gasteiger charge is 2.16. The molecule has 3 nitrogen and oxygen atoms in total. The van der Waals surface area contributed by atoms with Crippen LogP contribution in [0.25, 0.3) is 22.0 Å². The highest BCUT2D eigenvalue weighted by Crippen LogP contribution is 2.32. The molecule has 0 unspecified atom stereocenters. The predicted octanol–water partition coefficient (Wildman–Crippen LogP) is 3.98. The fourth-order valence-electron chi connectivity index (χ4n) is 2.50. The molecule has 0 aliphatic rings. The molecule has 3 rings (SSSR count). The molecule has 3 aromatic rings. The quantitative estimate of drug-likeness (QED) is 0.739. The smallest absolute Gasteiger partial charge is 0.352 e. The zero-order valence-electron chi connectivity index (χ0n) is 10.8. The van der Waals surface area contributed by atoms with E-state index in [0.29, 0.717) is 5.56 Å². The molecule has 0 bridgehead atoms. The van der Waals surface area contributed by atoms with Gasteiger partial charge < -0.3 is 10.1 Å². The number of aryl methyl sites for hydroxylation is 1. The van der Waals surface area contributed by atoms with E-state index in [9.17, 15) is 14.3 Å². The van der Waals surface area contributed by atoms with Crippen LogP contribution in [0.1, 0.15) is 16.1 Å². The first kappa shape index (κ1) is 12.4. The molecule has 0 saturated carbocycles. The van der Waals surface area contributed by atoms with Gasteiger partial charge in [-0.2, -0.15) is 0 Å². The van der Waals surface area contributed by atoms with Gasteiger partial charge in [0.05, 0.1) is 0 Å². The SMILES string of the molecule is Cc1c(C(=O)O)[nH]c2cccc(-c3ccc(F)cc3)c12. The van der Waals surface area contributed by atoms with Gasteiger partial charge in [0.25, 0.3) is 0 Å². The molecule has 0 aliphatic carbocycles. The highest BCUT2D eigenvalue weighted by molar-refractivity contribution is 6.03. The van der Waals surface area contributed by atoms with Crippen molar-refractivity contribution >= 4 is 16.9 Å². The van der Waals surface area contributed by atoms with Crippen LogP contribution >= 0.6 is 0 Å². The Bertz CT molecular complexity index is 803. The van der Waals surface area contributed by atoms with E-state index in [1.807, 2.05) is 18.2 Å². The van der Waals surface area contributed by atoms with Gasteiger partial charge in [-0.1, -0.05) is 24.3 Å². The topological polar surface area (TPSA) is 53.1 Å². The molecule has 0 fully saturated rings. The summed E-state index contributed by atoms with van der Waals surface area (Å²) in [7, 11) is 0. The molecule has 1 heterocycles. The molecule has 100 valence electrons. The van der Waals surface area contributed by atoms with E-state index >= 15 is 0 Å². The number of H-pyrrole nitrogens is 1. The number of carbonyl (C=O) groups is 1. The van der Waals surface area contributed by atoms with Gasteiger partial charge in [0.2, 0.25) is 0 Å². The van der Waals surface area contributed by atoms with Gasteiger partial charge in [-0.25, -0.2) is 9.18 Å². The lowest BCUT2D eigenvalue weighted by molar-refractivity contribution is 0.0691. The van der Waals surface area contributed by atoms with Gasteiger partial charge in [-0.05, 0) is 41.8 Å². The lowest BCUT2D eigenvalue weighted by atomic mass is 9.99. The lowest BCUT2D eigenvalue weighted by Gasteiger charge is -2.05. The van der Waals surface area contributed by atoms with Crippen LogP contribution in [0.4, 0.5) is 4.39 Å². The predicted molar refractivity (Wildman–Crippen MR) is 75.4 cm³/mol. The molecule has 4 heteroatoms. The molecule has 2 N–H and O–H groups in total. The number of halogens is 1. The van der Waals surface area contributed by atoms with Gasteiger partial charge in [-0.15, -0.1) is 0 Å². The van der Waals surface area contributed by atoms with Crippen LogP contribution in [0.15, 0.2) is 42.5 Å². The van der Waals surface area contributed by atoms with Crippen molar-refractivity contribution in [1.82, 2.24) is 4.98 Å². The molecule has 2 aromatic carbocycles. The van der Waals surface area contributed by atoms with E-state index in [1.54, 1.807) is 19.1 Å². The molecule has 0 amide bonds. The molecule has 20 heavy (non-hydrogen) atoms. The molecule has 0 spiro atoms. The monoisotopic (exact) mass is 269 g/mol. The van der Waals surface area contributed by atoms with Crippen molar-refractivity contribution in [3.05, 3.63) is 59.5 Å². The standard InChI is InChI=1S/C16H12FNO2/c1-9-14-12(10-5-7-11(17)8-6-10)3-2-4-13(14)18-15(9)16(19)20/h2-8,18H,1H3,(H,19,20). The summed E-state index contributed by atoms with van der Waals surface area (Å²) in [4.78, 5) is 14.1. The summed E-state index contributed by atoms with van der Waals surface area (Å²) in [5.41, 5.74) is 3.39. The Morgan fingerprint density at radius 2 is 1.85 bits per heavy atom. The van der Waals surface area contributed by atoms with Gasteiger partial charge in [0.15, 0.2) is 0 Å². The molecular weight excluding hydrogens is 257 g/mol. The van der Waals surface area contributed by atoms with E-state index in [0.717, 1.165) is 22.0 Å². The molecular formula is C16H12FNO2. The van der Waals surface area contributed by atoms with Crippen molar-refractivity contribution in [3.8, 4) is 11.1 Å². The number of carboxylic acids is 1. The van der Waals surface area contributed by atoms with E-state index in [4.69, 9.17) is 0 Å². The Labute approximate surface area is 114 Å². The Hall–Kier alpha value is -2.62. The second kappa shape index (κ2) is 4.49. The van der Waals surface area contributed by atoms with Crippen LogP contribution in [0.2, 0.25) is 0 Å². The number of rotatable bonds is 2. The van der Waals surface area contributed by atoms with Gasteiger partial charge in [0, 0.05) is 10.9 Å². The number of aromatic amines is 1. The molecule has 1 aromatic heterocycles. The molecule has 0 aliphatic heterocycles. The van der Waals surface area contributed by atoms with Crippen molar-refractivity contribution in [2.24, 2.45) is 0 Å². The van der Waals surface area contributed by atoms with Gasteiger partial charge in [0.1, 0.15) is 11.5 Å². The van der Waals surface area contributed by atoms with Crippen LogP contribution in [-0.4, -0.2) is 16.1 Å². The third-order valence-corrected chi connectivity index (χ3v) is 3.44. The van der Waals surface area contributed by atoms with Crippen LogP contribution in [0.3, 0.4) is 0 Å². The van der Waals surface area contributed by atoms with E-state index in [1.165, 1.54) is 12.1 Å². The van der Waals surface area contributed by atoms with E-state index in [2.05, 4.69) is 4.98 Å². The number of carboxylic acid groups (broad SMARTS) is 1. The Morgan fingerprint density at radius 3 is 2.50 bits per heavy atom. The van der Waals surface area contributed by atoms with E-state index < -0.39 is 5.97 Å². The summed E-state index contributed by atoms with van der Waals surface area (Å²) in [5.74, 6) is -1.28. The Morgan fingerprint density at radius 1 is 1.15 bits per heavy atom. The third kappa shape index (κ3) is 1.86. The minimum atomic E-state index is -0.983. The van der Waals surface area contributed by atoms with Crippen LogP contribution in [0.5, 0.6) is 0 Å². The maximum Gasteiger partial charge on any atom is 0.352 e. The first-order chi connectivity index (χ1) is 9.58.